The summed E-state index contributed by atoms with van der Waals surface area (Å²) in [5, 5.41) is 0.679. The van der Waals surface area contributed by atoms with Gasteiger partial charge in [-0.2, -0.15) is 0 Å². The van der Waals surface area contributed by atoms with Crippen molar-refractivity contribution in [1.29, 1.82) is 0 Å². The van der Waals surface area contributed by atoms with Crippen LogP contribution in [-0.4, -0.2) is 23.3 Å². The molecule has 0 amide bonds. The monoisotopic (exact) mass is 345 g/mol. The van der Waals surface area contributed by atoms with Crippen molar-refractivity contribution in [3.8, 4) is 0 Å². The van der Waals surface area contributed by atoms with Crippen LogP contribution in [0.15, 0.2) is 24.3 Å². The van der Waals surface area contributed by atoms with Gasteiger partial charge in [0.05, 0.1) is 6.61 Å². The molecule has 3 rings (SSSR count). The van der Waals surface area contributed by atoms with Crippen molar-refractivity contribution in [2.24, 2.45) is 0 Å². The highest BCUT2D eigenvalue weighted by atomic mass is 35.5. The number of carbonyl (C=O) groups is 2. The van der Waals surface area contributed by atoms with E-state index in [1.807, 2.05) is 31.2 Å². The minimum absolute atomic E-state index is 0.0690. The number of aromatic amines is 1. The van der Waals surface area contributed by atoms with Crippen LogP contribution in [0.2, 0.25) is 5.02 Å². The number of carbonyl (C=O) groups excluding carboxylic acids is 2. The Morgan fingerprint density at radius 3 is 2.67 bits per heavy atom. The Labute approximate surface area is 146 Å². The largest absolute Gasteiger partial charge is 0.461 e. The Morgan fingerprint density at radius 1 is 1.29 bits per heavy atom. The van der Waals surface area contributed by atoms with Gasteiger partial charge in [-0.3, -0.25) is 4.79 Å². The number of aromatic nitrogens is 1. The second kappa shape index (κ2) is 6.81. The molecule has 24 heavy (non-hydrogen) atoms. The van der Waals surface area contributed by atoms with Gasteiger partial charge in [-0.05, 0) is 48.9 Å². The van der Waals surface area contributed by atoms with Gasteiger partial charge >= 0.3 is 5.97 Å². The molecule has 0 fully saturated rings. The molecule has 1 aliphatic rings. The van der Waals surface area contributed by atoms with E-state index in [2.05, 4.69) is 4.98 Å². The number of ether oxygens (including phenoxy) is 1. The van der Waals surface area contributed by atoms with E-state index in [0.29, 0.717) is 41.3 Å². The lowest BCUT2D eigenvalue weighted by molar-refractivity contribution is 0.0498. The predicted molar refractivity (Wildman–Crippen MR) is 92.9 cm³/mol. The van der Waals surface area contributed by atoms with Crippen LogP contribution in [0.25, 0.3) is 0 Å². The topological polar surface area (TPSA) is 59.2 Å². The molecule has 126 valence electrons. The van der Waals surface area contributed by atoms with Gasteiger partial charge < -0.3 is 9.72 Å². The van der Waals surface area contributed by atoms with E-state index in [9.17, 15) is 9.59 Å². The Balaban J connectivity index is 1.89. The highest BCUT2D eigenvalue weighted by molar-refractivity contribution is 6.30. The molecule has 1 heterocycles. The number of benzene rings is 1. The molecule has 5 heteroatoms. The SMILES string of the molecule is CCCOC(=O)c1[nH]c2c(c1C)C(=O)CC(c1ccc(Cl)cc1)C2. The minimum atomic E-state index is -0.389. The van der Waals surface area contributed by atoms with Crippen LogP contribution >= 0.6 is 11.6 Å². The Bertz CT molecular complexity index is 777. The van der Waals surface area contributed by atoms with E-state index in [1.165, 1.54) is 0 Å². The van der Waals surface area contributed by atoms with Crippen LogP contribution in [0.1, 0.15) is 63.4 Å². The smallest absolute Gasteiger partial charge is 0.355 e. The maximum absolute atomic E-state index is 12.6. The highest BCUT2D eigenvalue weighted by Gasteiger charge is 2.32. The predicted octanol–water partition coefficient (Wildman–Crippen LogP) is 4.46. The number of H-pyrrole nitrogens is 1. The van der Waals surface area contributed by atoms with E-state index in [4.69, 9.17) is 16.3 Å². The molecule has 1 aromatic carbocycles. The van der Waals surface area contributed by atoms with Gasteiger partial charge in [-0.1, -0.05) is 30.7 Å². The normalized spacial score (nSPS) is 16.8. The number of ketones is 1. The Morgan fingerprint density at radius 2 is 2.00 bits per heavy atom. The van der Waals surface area contributed by atoms with Gasteiger partial charge in [0.2, 0.25) is 0 Å². The van der Waals surface area contributed by atoms with E-state index >= 15 is 0 Å². The van der Waals surface area contributed by atoms with Gasteiger partial charge in [0.25, 0.3) is 0 Å². The second-order valence-electron chi connectivity index (χ2n) is 6.19. The lowest BCUT2D eigenvalue weighted by atomic mass is 9.81. The zero-order valence-electron chi connectivity index (χ0n) is 13.8. The van der Waals surface area contributed by atoms with Crippen molar-refractivity contribution in [1.82, 2.24) is 4.98 Å². The summed E-state index contributed by atoms with van der Waals surface area (Å²) in [6.45, 7) is 4.13. The minimum Gasteiger partial charge on any atom is -0.461 e. The van der Waals surface area contributed by atoms with E-state index in [1.54, 1.807) is 6.92 Å². The first-order valence-electron chi connectivity index (χ1n) is 8.18. The number of fused-ring (bicyclic) bond motifs is 1. The summed E-state index contributed by atoms with van der Waals surface area (Å²) in [5.41, 5.74) is 3.67. The number of Topliss-reactive ketones (excluding diaryl/α,β-unsaturated/α-hetero) is 1. The maximum atomic E-state index is 12.6. The molecular weight excluding hydrogens is 326 g/mol. The quantitative estimate of drug-likeness (QED) is 0.832. The fourth-order valence-electron chi connectivity index (χ4n) is 3.28. The van der Waals surface area contributed by atoms with Crippen molar-refractivity contribution >= 4 is 23.4 Å². The molecule has 0 spiro atoms. The molecule has 0 saturated carbocycles. The average Bonchev–Trinajstić information content (AvgIpc) is 2.90. The lowest BCUT2D eigenvalue weighted by Gasteiger charge is -2.22. The number of halogens is 1. The average molecular weight is 346 g/mol. The summed E-state index contributed by atoms with van der Waals surface area (Å²) < 4.78 is 5.20. The molecule has 1 N–H and O–H groups in total. The standard InChI is InChI=1S/C19H20ClNO3/c1-3-8-24-19(23)18-11(2)17-15(21-18)9-13(10-16(17)22)12-4-6-14(20)7-5-12/h4-7,13,21H,3,8-10H2,1-2H3. The molecule has 0 bridgehead atoms. The molecule has 0 radical (unpaired) electrons. The van der Waals surface area contributed by atoms with E-state index in [-0.39, 0.29) is 17.7 Å². The molecule has 0 aliphatic heterocycles. The van der Waals surface area contributed by atoms with Gasteiger partial charge in [0, 0.05) is 22.7 Å². The number of rotatable bonds is 4. The molecular formula is C19H20ClNO3. The Hall–Kier alpha value is -2.07. The maximum Gasteiger partial charge on any atom is 0.355 e. The van der Waals surface area contributed by atoms with Crippen LogP contribution in [0.3, 0.4) is 0 Å². The first-order valence-corrected chi connectivity index (χ1v) is 8.56. The number of nitrogens with one attached hydrogen (secondary N) is 1. The molecule has 2 aromatic rings. The summed E-state index contributed by atoms with van der Waals surface area (Å²) in [6.07, 6.45) is 1.91. The van der Waals surface area contributed by atoms with Crippen LogP contribution in [-0.2, 0) is 11.2 Å². The summed E-state index contributed by atoms with van der Waals surface area (Å²) >= 11 is 5.94. The molecule has 0 saturated heterocycles. The summed E-state index contributed by atoms with van der Waals surface area (Å²) in [7, 11) is 0. The highest BCUT2D eigenvalue weighted by Crippen LogP contribution is 2.35. The zero-order valence-corrected chi connectivity index (χ0v) is 14.6. The van der Waals surface area contributed by atoms with Crippen LogP contribution in [0, 0.1) is 6.92 Å². The van der Waals surface area contributed by atoms with Crippen molar-refractivity contribution in [3.63, 3.8) is 0 Å². The molecule has 4 nitrogen and oxygen atoms in total. The Kier molecular flexibility index (Phi) is 4.76. The first-order chi connectivity index (χ1) is 11.5. The number of esters is 1. The van der Waals surface area contributed by atoms with Gasteiger partial charge in [-0.15, -0.1) is 0 Å². The molecule has 1 unspecified atom stereocenters. The fourth-order valence-corrected chi connectivity index (χ4v) is 3.40. The van der Waals surface area contributed by atoms with Gasteiger partial charge in [0.1, 0.15) is 5.69 Å². The van der Waals surface area contributed by atoms with Crippen molar-refractivity contribution < 1.29 is 14.3 Å². The van der Waals surface area contributed by atoms with Crippen molar-refractivity contribution in [2.45, 2.75) is 39.0 Å². The van der Waals surface area contributed by atoms with E-state index in [0.717, 1.165) is 17.7 Å². The fraction of sp³-hybridized carbons (Fsp3) is 0.368. The van der Waals surface area contributed by atoms with Crippen molar-refractivity contribution in [3.05, 3.63) is 57.4 Å². The van der Waals surface area contributed by atoms with Gasteiger partial charge in [-0.25, -0.2) is 4.79 Å². The summed E-state index contributed by atoms with van der Waals surface area (Å²) in [6, 6.07) is 7.59. The van der Waals surface area contributed by atoms with Crippen LogP contribution in [0.4, 0.5) is 0 Å². The molecule has 1 atom stereocenters. The first kappa shape index (κ1) is 16.8. The molecule has 1 aromatic heterocycles. The zero-order chi connectivity index (χ0) is 17.3. The third kappa shape index (κ3) is 3.11. The number of hydrogen-bond acceptors (Lipinski definition) is 3. The second-order valence-corrected chi connectivity index (χ2v) is 6.63. The summed E-state index contributed by atoms with van der Waals surface area (Å²) in [4.78, 5) is 27.9. The number of hydrogen-bond donors (Lipinski definition) is 1. The van der Waals surface area contributed by atoms with E-state index < -0.39 is 0 Å². The van der Waals surface area contributed by atoms with Crippen LogP contribution in [0.5, 0.6) is 0 Å². The van der Waals surface area contributed by atoms with Gasteiger partial charge in [0.15, 0.2) is 5.78 Å². The van der Waals surface area contributed by atoms with Crippen molar-refractivity contribution in [2.75, 3.05) is 6.61 Å². The molecule has 1 aliphatic carbocycles. The third-order valence-corrected chi connectivity index (χ3v) is 4.72. The van der Waals surface area contributed by atoms with Crippen LogP contribution < -0.4 is 0 Å². The lowest BCUT2D eigenvalue weighted by Crippen LogP contribution is -2.18. The summed E-state index contributed by atoms with van der Waals surface area (Å²) in [5.74, 6) is -0.223. The third-order valence-electron chi connectivity index (χ3n) is 4.47.